The van der Waals surface area contributed by atoms with E-state index < -0.39 is 0 Å². The van der Waals surface area contributed by atoms with E-state index in [9.17, 15) is 4.79 Å². The van der Waals surface area contributed by atoms with E-state index >= 15 is 0 Å². The van der Waals surface area contributed by atoms with E-state index in [2.05, 4.69) is 47.1 Å². The van der Waals surface area contributed by atoms with Gasteiger partial charge in [0.1, 0.15) is 0 Å². The third kappa shape index (κ3) is 3.22. The van der Waals surface area contributed by atoms with Crippen LogP contribution < -0.4 is 0 Å². The zero-order valence-electron chi connectivity index (χ0n) is 15.0. The Kier molecular flexibility index (Phi) is 5.57. The highest BCUT2D eigenvalue weighted by molar-refractivity contribution is 5.81. The first-order chi connectivity index (χ1) is 11.7. The van der Waals surface area contributed by atoms with Gasteiger partial charge in [-0.15, -0.1) is 0 Å². The molecule has 2 saturated heterocycles. The quantitative estimate of drug-likeness (QED) is 0.804. The zero-order valence-corrected chi connectivity index (χ0v) is 15.0. The van der Waals surface area contributed by atoms with Crippen molar-refractivity contribution in [3.63, 3.8) is 0 Å². The lowest BCUT2D eigenvalue weighted by molar-refractivity contribution is -0.133. The maximum Gasteiger partial charge on any atom is 0.223 e. The van der Waals surface area contributed by atoms with Gasteiger partial charge in [-0.25, -0.2) is 0 Å². The highest BCUT2D eigenvalue weighted by atomic mass is 16.5. The molecule has 2 aliphatic heterocycles. The normalized spacial score (nSPS) is 24.0. The van der Waals surface area contributed by atoms with Crippen LogP contribution in [-0.4, -0.2) is 61.1 Å². The van der Waals surface area contributed by atoms with E-state index in [1.807, 2.05) is 0 Å². The van der Waals surface area contributed by atoms with E-state index in [1.165, 1.54) is 12.0 Å². The van der Waals surface area contributed by atoms with E-state index in [0.717, 1.165) is 32.5 Å². The number of likely N-dealkylation sites (tertiary alicyclic amines) is 2. The van der Waals surface area contributed by atoms with Gasteiger partial charge in [0, 0.05) is 39.1 Å². The summed E-state index contributed by atoms with van der Waals surface area (Å²) in [5.41, 5.74) is 1.29. The Hall–Kier alpha value is -1.39. The molecule has 1 atom stereocenters. The van der Waals surface area contributed by atoms with E-state index in [4.69, 9.17) is 4.74 Å². The molecule has 1 spiro atoms. The van der Waals surface area contributed by atoms with Crippen molar-refractivity contribution in [2.75, 3.05) is 39.9 Å². The molecule has 3 rings (SSSR count). The fourth-order valence-corrected chi connectivity index (χ4v) is 4.65. The van der Waals surface area contributed by atoms with E-state index in [-0.39, 0.29) is 5.54 Å². The maximum atomic E-state index is 12.8. The molecule has 1 aromatic rings. The number of hydrogen-bond acceptors (Lipinski definition) is 3. The fourth-order valence-electron chi connectivity index (χ4n) is 4.65. The summed E-state index contributed by atoms with van der Waals surface area (Å²) in [4.78, 5) is 17.5. The third-order valence-electron chi connectivity index (χ3n) is 5.85. The van der Waals surface area contributed by atoms with Crippen molar-refractivity contribution in [3.05, 3.63) is 35.9 Å². The molecule has 4 heteroatoms. The largest absolute Gasteiger partial charge is 0.383 e. The van der Waals surface area contributed by atoms with E-state index in [0.29, 0.717) is 31.4 Å². The predicted octanol–water partition coefficient (Wildman–Crippen LogP) is 2.89. The summed E-state index contributed by atoms with van der Waals surface area (Å²) in [5, 5.41) is 0. The summed E-state index contributed by atoms with van der Waals surface area (Å²) < 4.78 is 5.28. The minimum Gasteiger partial charge on any atom is -0.383 e. The Morgan fingerprint density at radius 3 is 2.50 bits per heavy atom. The summed E-state index contributed by atoms with van der Waals surface area (Å²) in [7, 11) is 1.71. The number of piperidine rings is 1. The topological polar surface area (TPSA) is 32.8 Å². The number of hydrogen-bond donors (Lipinski definition) is 0. The van der Waals surface area contributed by atoms with Gasteiger partial charge >= 0.3 is 0 Å². The van der Waals surface area contributed by atoms with Crippen LogP contribution in [0, 0.1) is 0 Å². The Balaban J connectivity index is 1.87. The van der Waals surface area contributed by atoms with Crippen LogP contribution >= 0.6 is 0 Å². The molecule has 0 N–H and O–H groups in total. The van der Waals surface area contributed by atoms with Crippen LogP contribution in [0.5, 0.6) is 0 Å². The average Bonchev–Trinajstić information content (AvgIpc) is 2.88. The van der Waals surface area contributed by atoms with E-state index in [1.54, 1.807) is 7.11 Å². The molecule has 0 saturated carbocycles. The Morgan fingerprint density at radius 1 is 1.17 bits per heavy atom. The van der Waals surface area contributed by atoms with Crippen LogP contribution in [0.25, 0.3) is 0 Å². The molecule has 0 radical (unpaired) electrons. The van der Waals surface area contributed by atoms with Gasteiger partial charge in [0.15, 0.2) is 0 Å². The van der Waals surface area contributed by atoms with Crippen molar-refractivity contribution < 1.29 is 9.53 Å². The second-order valence-corrected chi connectivity index (χ2v) is 7.15. The highest BCUT2D eigenvalue weighted by Gasteiger charge is 2.53. The molecule has 0 aliphatic carbocycles. The fraction of sp³-hybridized carbons (Fsp3) is 0.650. The molecule has 2 fully saturated rings. The summed E-state index contributed by atoms with van der Waals surface area (Å²) in [6.07, 6.45) is 3.98. The summed E-state index contributed by atoms with van der Waals surface area (Å²) >= 11 is 0. The minimum atomic E-state index is -0.0266. The van der Waals surface area contributed by atoms with Crippen LogP contribution in [0.2, 0.25) is 0 Å². The number of rotatable bonds is 6. The first-order valence-corrected chi connectivity index (χ1v) is 9.28. The molecule has 4 nitrogen and oxygen atoms in total. The summed E-state index contributed by atoms with van der Waals surface area (Å²) in [6.45, 7) is 6.92. The van der Waals surface area contributed by atoms with Crippen LogP contribution in [-0.2, 0) is 9.53 Å². The smallest absolute Gasteiger partial charge is 0.223 e. The third-order valence-corrected chi connectivity index (χ3v) is 5.85. The van der Waals surface area contributed by atoms with Crippen LogP contribution in [0.1, 0.15) is 44.1 Å². The lowest BCUT2D eigenvalue weighted by Gasteiger charge is -2.48. The van der Waals surface area contributed by atoms with Gasteiger partial charge < -0.3 is 14.5 Å². The van der Waals surface area contributed by atoms with Crippen LogP contribution in [0.3, 0.4) is 0 Å². The van der Waals surface area contributed by atoms with Crippen molar-refractivity contribution in [2.24, 2.45) is 0 Å². The van der Waals surface area contributed by atoms with Gasteiger partial charge in [0.2, 0.25) is 5.91 Å². The Labute approximate surface area is 145 Å². The summed E-state index contributed by atoms with van der Waals surface area (Å²) in [5.74, 6) is 0.608. The molecule has 2 aliphatic rings. The number of methoxy groups -OCH3 is 1. The second kappa shape index (κ2) is 7.66. The van der Waals surface area contributed by atoms with Gasteiger partial charge in [-0.2, -0.15) is 0 Å². The molecular weight excluding hydrogens is 300 g/mol. The number of ether oxygens (including phenoxy) is 1. The van der Waals surface area contributed by atoms with Crippen molar-refractivity contribution in [1.82, 2.24) is 9.80 Å². The van der Waals surface area contributed by atoms with Gasteiger partial charge in [0.05, 0.1) is 12.1 Å². The molecule has 1 aromatic carbocycles. The number of benzene rings is 1. The number of carbonyl (C=O) groups excluding carboxylic acids is 1. The van der Waals surface area contributed by atoms with Crippen LogP contribution in [0.4, 0.5) is 0 Å². The summed E-state index contributed by atoms with van der Waals surface area (Å²) in [6, 6.07) is 10.6. The molecule has 24 heavy (non-hydrogen) atoms. The minimum absolute atomic E-state index is 0.0266. The van der Waals surface area contributed by atoms with Gasteiger partial charge in [0.25, 0.3) is 0 Å². The Bertz CT molecular complexity index is 538. The lowest BCUT2D eigenvalue weighted by Crippen LogP contribution is -2.56. The zero-order chi connectivity index (χ0) is 17.0. The molecule has 0 bridgehead atoms. The second-order valence-electron chi connectivity index (χ2n) is 7.15. The van der Waals surface area contributed by atoms with Crippen molar-refractivity contribution >= 4 is 5.91 Å². The molecule has 0 aromatic heterocycles. The Morgan fingerprint density at radius 2 is 1.88 bits per heavy atom. The average molecular weight is 330 g/mol. The highest BCUT2D eigenvalue weighted by Crippen LogP contribution is 2.48. The molecule has 2 heterocycles. The first-order valence-electron chi connectivity index (χ1n) is 9.28. The SMILES string of the molecule is CCCN1CCC2(CC1)C(c1ccccc1)CC(=O)N2CCOC. The molecule has 1 unspecified atom stereocenters. The monoisotopic (exact) mass is 330 g/mol. The van der Waals surface area contributed by atoms with Gasteiger partial charge in [-0.1, -0.05) is 37.3 Å². The lowest BCUT2D eigenvalue weighted by atomic mass is 9.73. The van der Waals surface area contributed by atoms with Gasteiger partial charge in [-0.05, 0) is 31.4 Å². The van der Waals surface area contributed by atoms with Crippen molar-refractivity contribution in [1.29, 1.82) is 0 Å². The number of carbonyl (C=O) groups is 1. The maximum absolute atomic E-state index is 12.8. The number of nitrogens with zero attached hydrogens (tertiary/aromatic N) is 2. The van der Waals surface area contributed by atoms with Crippen LogP contribution in [0.15, 0.2) is 30.3 Å². The predicted molar refractivity (Wildman–Crippen MR) is 96.1 cm³/mol. The van der Waals surface area contributed by atoms with Crippen molar-refractivity contribution in [2.45, 2.75) is 44.1 Å². The standard InChI is InChI=1S/C20H30N2O2/c1-3-11-21-12-9-20(10-13-21)18(17-7-5-4-6-8-17)16-19(23)22(20)14-15-24-2/h4-8,18H,3,9-16H2,1-2H3. The first kappa shape index (κ1) is 17.4. The molecule has 1 amide bonds. The van der Waals surface area contributed by atoms with Gasteiger partial charge in [-0.3, -0.25) is 4.79 Å². The molecule has 132 valence electrons. The molecular formula is C20H30N2O2. The van der Waals surface area contributed by atoms with Crippen molar-refractivity contribution in [3.8, 4) is 0 Å². The number of amides is 1.